The lowest BCUT2D eigenvalue weighted by Crippen LogP contribution is -2.40. The summed E-state index contributed by atoms with van der Waals surface area (Å²) in [7, 11) is 0. The second kappa shape index (κ2) is 10.2. The quantitative estimate of drug-likeness (QED) is 0.235. The molecule has 0 aliphatic rings. The SMILES string of the molecule is CC(C)(C)OC(=O)N(Nc1ccc2ccccc2c1)c1ccc(CNc2ccc3ccccc3c2)cc1. The highest BCUT2D eigenvalue weighted by Crippen LogP contribution is 2.25. The minimum Gasteiger partial charge on any atom is -0.442 e. The number of benzene rings is 5. The number of hydrazine groups is 1. The van der Waals surface area contributed by atoms with E-state index in [1.165, 1.54) is 15.8 Å². The molecular weight excluding hydrogens is 458 g/mol. The van der Waals surface area contributed by atoms with Crippen LogP contribution in [0.25, 0.3) is 21.5 Å². The number of anilines is 3. The molecule has 37 heavy (non-hydrogen) atoms. The predicted molar refractivity (Wildman–Crippen MR) is 154 cm³/mol. The monoisotopic (exact) mass is 489 g/mol. The maximum atomic E-state index is 13.2. The minimum absolute atomic E-state index is 0.470. The lowest BCUT2D eigenvalue weighted by Gasteiger charge is -2.28. The van der Waals surface area contributed by atoms with Gasteiger partial charge < -0.3 is 10.1 Å². The molecule has 2 N–H and O–H groups in total. The fourth-order valence-corrected chi connectivity index (χ4v) is 4.18. The van der Waals surface area contributed by atoms with Crippen LogP contribution < -0.4 is 15.8 Å². The van der Waals surface area contributed by atoms with Crippen molar-refractivity contribution < 1.29 is 9.53 Å². The highest BCUT2D eigenvalue weighted by atomic mass is 16.6. The third-order valence-electron chi connectivity index (χ3n) is 6.01. The smallest absolute Gasteiger partial charge is 0.433 e. The van der Waals surface area contributed by atoms with Gasteiger partial charge in [0, 0.05) is 12.2 Å². The Kier molecular flexibility index (Phi) is 6.69. The summed E-state index contributed by atoms with van der Waals surface area (Å²) in [5.74, 6) is 0. The van der Waals surface area contributed by atoms with Crippen LogP contribution in [0.1, 0.15) is 26.3 Å². The maximum Gasteiger partial charge on any atom is 0.433 e. The number of nitrogens with one attached hydrogen (secondary N) is 2. The topological polar surface area (TPSA) is 53.6 Å². The van der Waals surface area contributed by atoms with Crippen molar-refractivity contribution in [1.82, 2.24) is 0 Å². The van der Waals surface area contributed by atoms with Crippen molar-refractivity contribution in [2.75, 3.05) is 15.8 Å². The Labute approximate surface area is 217 Å². The number of hydrogen-bond acceptors (Lipinski definition) is 4. The molecule has 0 radical (unpaired) electrons. The summed E-state index contributed by atoms with van der Waals surface area (Å²) in [6, 6.07) is 36.7. The molecule has 5 nitrogen and oxygen atoms in total. The molecule has 0 fully saturated rings. The molecule has 0 aliphatic heterocycles. The third-order valence-corrected chi connectivity index (χ3v) is 6.01. The number of nitrogens with zero attached hydrogens (tertiary/aromatic N) is 1. The van der Waals surface area contributed by atoms with E-state index in [1.54, 1.807) is 0 Å². The Morgan fingerprint density at radius 2 is 1.24 bits per heavy atom. The molecule has 0 unspecified atom stereocenters. The van der Waals surface area contributed by atoms with Gasteiger partial charge >= 0.3 is 6.09 Å². The second-order valence-electron chi connectivity index (χ2n) is 10.1. The van der Waals surface area contributed by atoms with E-state index in [1.807, 2.05) is 87.5 Å². The van der Waals surface area contributed by atoms with E-state index < -0.39 is 11.7 Å². The lowest BCUT2D eigenvalue weighted by atomic mass is 10.1. The van der Waals surface area contributed by atoms with E-state index in [2.05, 4.69) is 53.2 Å². The van der Waals surface area contributed by atoms with Gasteiger partial charge in [0.1, 0.15) is 5.60 Å². The van der Waals surface area contributed by atoms with E-state index in [-0.39, 0.29) is 0 Å². The van der Waals surface area contributed by atoms with Gasteiger partial charge in [0.2, 0.25) is 0 Å². The molecule has 0 aromatic heterocycles. The van der Waals surface area contributed by atoms with Gasteiger partial charge in [-0.05, 0) is 84.3 Å². The predicted octanol–water partition coefficient (Wildman–Crippen LogP) is 8.37. The number of carbonyl (C=O) groups excluding carboxylic acids is 1. The first kappa shape index (κ1) is 24.2. The standard InChI is InChI=1S/C32H31N3O2/c1-32(2,3)37-31(36)35(34-29-17-15-25-9-5-7-11-27(25)21-29)30-18-12-23(13-19-30)22-33-28-16-14-24-8-4-6-10-26(24)20-28/h4-21,33-34H,22H2,1-3H3. The van der Waals surface area contributed by atoms with E-state index >= 15 is 0 Å². The molecule has 0 saturated heterocycles. The molecule has 0 saturated carbocycles. The molecule has 186 valence electrons. The zero-order valence-corrected chi connectivity index (χ0v) is 21.4. The molecular formula is C32H31N3O2. The van der Waals surface area contributed by atoms with E-state index in [0.29, 0.717) is 12.2 Å². The first-order valence-electron chi connectivity index (χ1n) is 12.4. The Morgan fingerprint density at radius 3 is 1.84 bits per heavy atom. The maximum absolute atomic E-state index is 13.2. The summed E-state index contributed by atoms with van der Waals surface area (Å²) >= 11 is 0. The number of ether oxygens (including phenoxy) is 1. The van der Waals surface area contributed by atoms with Gasteiger partial charge in [-0.1, -0.05) is 72.8 Å². The number of amides is 1. The van der Waals surface area contributed by atoms with Crippen LogP contribution in [0.3, 0.4) is 0 Å². The Hall–Kier alpha value is -4.51. The summed E-state index contributed by atoms with van der Waals surface area (Å²) in [6.45, 7) is 6.26. The van der Waals surface area contributed by atoms with E-state index in [4.69, 9.17) is 4.74 Å². The number of rotatable bonds is 6. The van der Waals surface area contributed by atoms with Gasteiger partial charge in [0.25, 0.3) is 0 Å². The first-order valence-corrected chi connectivity index (χ1v) is 12.4. The molecule has 1 amide bonds. The Bertz CT molecular complexity index is 1540. The number of hydrogen-bond donors (Lipinski definition) is 2. The van der Waals surface area contributed by atoms with Gasteiger partial charge in [0.05, 0.1) is 11.4 Å². The number of carbonyl (C=O) groups is 1. The van der Waals surface area contributed by atoms with Gasteiger partial charge in [-0.3, -0.25) is 5.43 Å². The fourth-order valence-electron chi connectivity index (χ4n) is 4.18. The van der Waals surface area contributed by atoms with Crippen molar-refractivity contribution in [1.29, 1.82) is 0 Å². The highest BCUT2D eigenvalue weighted by Gasteiger charge is 2.24. The first-order chi connectivity index (χ1) is 17.8. The van der Waals surface area contributed by atoms with Crippen molar-refractivity contribution in [3.05, 3.63) is 115 Å². The van der Waals surface area contributed by atoms with Crippen molar-refractivity contribution in [3.63, 3.8) is 0 Å². The molecule has 0 bridgehead atoms. The van der Waals surface area contributed by atoms with Crippen molar-refractivity contribution >= 4 is 44.7 Å². The minimum atomic E-state index is -0.621. The molecule has 5 aromatic carbocycles. The Morgan fingerprint density at radius 1 is 0.703 bits per heavy atom. The molecule has 5 aromatic rings. The largest absolute Gasteiger partial charge is 0.442 e. The molecule has 0 spiro atoms. The van der Waals surface area contributed by atoms with Crippen LogP contribution in [0, 0.1) is 0 Å². The molecule has 0 aliphatic carbocycles. The van der Waals surface area contributed by atoms with Crippen molar-refractivity contribution in [2.45, 2.75) is 32.9 Å². The second-order valence-corrected chi connectivity index (χ2v) is 10.1. The van der Waals surface area contributed by atoms with E-state index in [0.717, 1.165) is 27.7 Å². The molecule has 0 heterocycles. The lowest BCUT2D eigenvalue weighted by molar-refractivity contribution is 0.0589. The summed E-state index contributed by atoms with van der Waals surface area (Å²) in [5.41, 5.74) is 6.29. The summed E-state index contributed by atoms with van der Waals surface area (Å²) < 4.78 is 5.70. The average Bonchev–Trinajstić information content (AvgIpc) is 2.89. The third kappa shape index (κ3) is 6.01. The summed E-state index contributed by atoms with van der Waals surface area (Å²) in [4.78, 5) is 13.2. The Balaban J connectivity index is 1.34. The average molecular weight is 490 g/mol. The van der Waals surface area contributed by atoms with Gasteiger partial charge in [-0.25, -0.2) is 4.79 Å². The molecule has 5 heteroatoms. The van der Waals surface area contributed by atoms with Gasteiger partial charge in [-0.15, -0.1) is 0 Å². The molecule has 0 atom stereocenters. The normalized spacial score (nSPS) is 11.3. The van der Waals surface area contributed by atoms with Crippen molar-refractivity contribution in [2.24, 2.45) is 0 Å². The van der Waals surface area contributed by atoms with Crippen molar-refractivity contribution in [3.8, 4) is 0 Å². The van der Waals surface area contributed by atoms with Crippen LogP contribution in [0.2, 0.25) is 0 Å². The zero-order chi connectivity index (χ0) is 25.8. The van der Waals surface area contributed by atoms with Crippen LogP contribution in [0.5, 0.6) is 0 Å². The highest BCUT2D eigenvalue weighted by molar-refractivity contribution is 5.92. The van der Waals surface area contributed by atoms with E-state index in [9.17, 15) is 4.79 Å². The summed E-state index contributed by atoms with van der Waals surface area (Å²) in [5, 5.41) is 9.60. The number of fused-ring (bicyclic) bond motifs is 2. The van der Waals surface area contributed by atoms with Gasteiger partial charge in [0.15, 0.2) is 0 Å². The summed E-state index contributed by atoms with van der Waals surface area (Å²) in [6.07, 6.45) is -0.470. The van der Waals surface area contributed by atoms with Crippen LogP contribution in [-0.4, -0.2) is 11.7 Å². The molecule has 5 rings (SSSR count). The van der Waals surface area contributed by atoms with Crippen LogP contribution in [0.15, 0.2) is 109 Å². The van der Waals surface area contributed by atoms with Crippen LogP contribution >= 0.6 is 0 Å². The fraction of sp³-hybridized carbons (Fsp3) is 0.156. The zero-order valence-electron chi connectivity index (χ0n) is 21.4. The van der Waals surface area contributed by atoms with Crippen LogP contribution in [0.4, 0.5) is 21.9 Å². The van der Waals surface area contributed by atoms with Crippen LogP contribution in [-0.2, 0) is 11.3 Å². The van der Waals surface area contributed by atoms with Gasteiger partial charge in [-0.2, -0.15) is 5.01 Å².